The molecule has 1 nitrogen and oxygen atoms in total. The van der Waals surface area contributed by atoms with Crippen LogP contribution in [-0.2, 0) is 0 Å². The first-order chi connectivity index (χ1) is 7.29. The molecule has 0 saturated carbocycles. The highest BCUT2D eigenvalue weighted by atomic mass is 79.9. The van der Waals surface area contributed by atoms with Crippen LogP contribution in [0.2, 0.25) is 5.02 Å². The predicted molar refractivity (Wildman–Crippen MR) is 61.4 cm³/mol. The molecule has 1 atom stereocenters. The van der Waals surface area contributed by atoms with Crippen molar-refractivity contribution in [3.05, 3.63) is 33.3 Å². The van der Waals surface area contributed by atoms with Gasteiger partial charge in [-0.2, -0.15) is 13.2 Å². The summed E-state index contributed by atoms with van der Waals surface area (Å²) in [5, 5.41) is 0.379. The molecule has 1 aromatic carbocycles. The van der Waals surface area contributed by atoms with E-state index >= 15 is 0 Å². The molecule has 0 saturated heterocycles. The summed E-state index contributed by atoms with van der Waals surface area (Å²) >= 11 is 9.09. The van der Waals surface area contributed by atoms with Crippen LogP contribution in [-0.4, -0.2) is 6.18 Å². The third-order valence-corrected chi connectivity index (χ3v) is 2.92. The summed E-state index contributed by atoms with van der Waals surface area (Å²) in [6.45, 7) is 0. The third-order valence-electron chi connectivity index (χ3n) is 2.10. The van der Waals surface area contributed by atoms with Gasteiger partial charge in [0.25, 0.3) is 0 Å². The molecule has 90 valence electrons. The van der Waals surface area contributed by atoms with Crippen LogP contribution in [0.1, 0.15) is 24.4 Å². The molecule has 2 N–H and O–H groups in total. The monoisotopic (exact) mass is 315 g/mol. The first-order valence-corrected chi connectivity index (χ1v) is 5.74. The fourth-order valence-electron chi connectivity index (χ4n) is 1.28. The summed E-state index contributed by atoms with van der Waals surface area (Å²) < 4.78 is 36.8. The summed E-state index contributed by atoms with van der Waals surface area (Å²) in [7, 11) is 0. The molecular formula is C10H10BrClF3N. The van der Waals surface area contributed by atoms with Gasteiger partial charge >= 0.3 is 6.18 Å². The Morgan fingerprint density at radius 3 is 2.50 bits per heavy atom. The maximum Gasteiger partial charge on any atom is 0.389 e. The molecule has 1 rings (SSSR count). The van der Waals surface area contributed by atoms with E-state index in [0.29, 0.717) is 10.6 Å². The van der Waals surface area contributed by atoms with E-state index in [9.17, 15) is 13.2 Å². The third kappa shape index (κ3) is 4.31. The van der Waals surface area contributed by atoms with Crippen LogP contribution in [0, 0.1) is 0 Å². The largest absolute Gasteiger partial charge is 0.389 e. The molecule has 6 heteroatoms. The van der Waals surface area contributed by atoms with Crippen molar-refractivity contribution in [3.63, 3.8) is 0 Å². The van der Waals surface area contributed by atoms with Crippen molar-refractivity contribution in [2.75, 3.05) is 0 Å². The Kier molecular flexibility index (Phi) is 4.64. The smallest absolute Gasteiger partial charge is 0.324 e. The molecule has 1 aromatic rings. The molecular weight excluding hydrogens is 306 g/mol. The average Bonchev–Trinajstić information content (AvgIpc) is 2.13. The summed E-state index contributed by atoms with van der Waals surface area (Å²) in [6.07, 6.45) is -5.25. The molecule has 0 amide bonds. The molecule has 0 aromatic heterocycles. The van der Waals surface area contributed by atoms with Gasteiger partial charge < -0.3 is 5.73 Å². The van der Waals surface area contributed by atoms with Crippen molar-refractivity contribution < 1.29 is 13.2 Å². The van der Waals surface area contributed by atoms with E-state index in [1.54, 1.807) is 18.2 Å². The lowest BCUT2D eigenvalue weighted by Crippen LogP contribution is -2.16. The van der Waals surface area contributed by atoms with Crippen LogP contribution in [0.5, 0.6) is 0 Å². The molecule has 0 aliphatic rings. The normalized spacial score (nSPS) is 13.9. The van der Waals surface area contributed by atoms with Crippen molar-refractivity contribution >= 4 is 27.5 Å². The zero-order valence-electron chi connectivity index (χ0n) is 8.19. The van der Waals surface area contributed by atoms with E-state index in [1.165, 1.54) is 0 Å². The molecule has 0 radical (unpaired) electrons. The second-order valence-corrected chi connectivity index (χ2v) is 4.75. The maximum atomic E-state index is 12.0. The minimum absolute atomic E-state index is 0.162. The van der Waals surface area contributed by atoms with Gasteiger partial charge in [-0.1, -0.05) is 33.6 Å². The lowest BCUT2D eigenvalue weighted by atomic mass is 10.0. The van der Waals surface area contributed by atoms with Gasteiger partial charge in [-0.05, 0) is 24.1 Å². The fourth-order valence-corrected chi connectivity index (χ4v) is 2.09. The molecule has 0 aliphatic carbocycles. The standard InChI is InChI=1S/C10H10BrClF3N/c11-6-1-2-7(8(12)5-6)9(16)3-4-10(13,14)15/h1-2,5,9H,3-4,16H2/t9-/m1/s1. The number of nitrogens with two attached hydrogens (primary N) is 1. The molecule has 0 fully saturated rings. The summed E-state index contributed by atoms with van der Waals surface area (Å²) in [5.41, 5.74) is 6.19. The van der Waals surface area contributed by atoms with Crippen molar-refractivity contribution in [1.29, 1.82) is 0 Å². The van der Waals surface area contributed by atoms with Crippen LogP contribution >= 0.6 is 27.5 Å². The number of rotatable bonds is 3. The van der Waals surface area contributed by atoms with E-state index < -0.39 is 18.6 Å². The molecule has 0 bridgehead atoms. The number of halogens is 5. The van der Waals surface area contributed by atoms with Crippen LogP contribution in [0.25, 0.3) is 0 Å². The van der Waals surface area contributed by atoms with Gasteiger partial charge in [0, 0.05) is 22.0 Å². The average molecular weight is 317 g/mol. The van der Waals surface area contributed by atoms with Crippen LogP contribution in [0.3, 0.4) is 0 Å². The highest BCUT2D eigenvalue weighted by Gasteiger charge is 2.28. The highest BCUT2D eigenvalue weighted by molar-refractivity contribution is 9.10. The number of hydrogen-bond acceptors (Lipinski definition) is 1. The van der Waals surface area contributed by atoms with Gasteiger partial charge in [0.15, 0.2) is 0 Å². The number of hydrogen-bond donors (Lipinski definition) is 1. The Balaban J connectivity index is 2.70. The fraction of sp³-hybridized carbons (Fsp3) is 0.400. The Morgan fingerprint density at radius 2 is 2.00 bits per heavy atom. The van der Waals surface area contributed by atoms with E-state index in [-0.39, 0.29) is 6.42 Å². The molecule has 0 aliphatic heterocycles. The SMILES string of the molecule is N[C@H](CCC(F)(F)F)c1ccc(Br)cc1Cl. The number of benzene rings is 1. The summed E-state index contributed by atoms with van der Waals surface area (Å²) in [4.78, 5) is 0. The maximum absolute atomic E-state index is 12.0. The zero-order valence-corrected chi connectivity index (χ0v) is 10.5. The predicted octanol–water partition coefficient (Wildman–Crippen LogP) is 4.44. The van der Waals surface area contributed by atoms with Crippen LogP contribution < -0.4 is 5.73 Å². The van der Waals surface area contributed by atoms with Gasteiger partial charge in [0.2, 0.25) is 0 Å². The van der Waals surface area contributed by atoms with Crippen molar-refractivity contribution in [2.24, 2.45) is 5.73 Å². The Morgan fingerprint density at radius 1 is 1.38 bits per heavy atom. The van der Waals surface area contributed by atoms with E-state index in [1.807, 2.05) is 0 Å². The van der Waals surface area contributed by atoms with Crippen molar-refractivity contribution in [1.82, 2.24) is 0 Å². The lowest BCUT2D eigenvalue weighted by molar-refractivity contribution is -0.136. The Hall–Kier alpha value is -0.260. The first-order valence-electron chi connectivity index (χ1n) is 4.57. The topological polar surface area (TPSA) is 26.0 Å². The summed E-state index contributed by atoms with van der Waals surface area (Å²) in [5.74, 6) is 0. The van der Waals surface area contributed by atoms with Gasteiger partial charge in [0.05, 0.1) is 0 Å². The zero-order chi connectivity index (χ0) is 12.3. The van der Waals surface area contributed by atoms with E-state index in [4.69, 9.17) is 17.3 Å². The molecule has 0 spiro atoms. The Bertz CT molecular complexity index is 368. The Labute approximate surface area is 105 Å². The lowest BCUT2D eigenvalue weighted by Gasteiger charge is -2.15. The van der Waals surface area contributed by atoms with Crippen molar-refractivity contribution in [2.45, 2.75) is 25.1 Å². The van der Waals surface area contributed by atoms with Gasteiger partial charge in [0.1, 0.15) is 0 Å². The van der Waals surface area contributed by atoms with Gasteiger partial charge in [-0.3, -0.25) is 0 Å². The first kappa shape index (κ1) is 13.8. The number of alkyl halides is 3. The van der Waals surface area contributed by atoms with E-state index in [2.05, 4.69) is 15.9 Å². The highest BCUT2D eigenvalue weighted by Crippen LogP contribution is 2.30. The van der Waals surface area contributed by atoms with Gasteiger partial charge in [-0.25, -0.2) is 0 Å². The van der Waals surface area contributed by atoms with Crippen LogP contribution in [0.15, 0.2) is 22.7 Å². The molecule has 0 unspecified atom stereocenters. The van der Waals surface area contributed by atoms with E-state index in [0.717, 1.165) is 4.47 Å². The van der Waals surface area contributed by atoms with Crippen molar-refractivity contribution in [3.8, 4) is 0 Å². The minimum atomic E-state index is -4.18. The van der Waals surface area contributed by atoms with Crippen LogP contribution in [0.4, 0.5) is 13.2 Å². The second-order valence-electron chi connectivity index (χ2n) is 3.43. The quantitative estimate of drug-likeness (QED) is 0.876. The minimum Gasteiger partial charge on any atom is -0.324 e. The van der Waals surface area contributed by atoms with Gasteiger partial charge in [-0.15, -0.1) is 0 Å². The molecule has 16 heavy (non-hydrogen) atoms. The second kappa shape index (κ2) is 5.38. The molecule has 0 heterocycles. The summed E-state index contributed by atoms with van der Waals surface area (Å²) in [6, 6.07) is 4.26.